The van der Waals surface area contributed by atoms with E-state index in [0.717, 1.165) is 0 Å². The fourth-order valence-electron chi connectivity index (χ4n) is 2.17. The van der Waals surface area contributed by atoms with E-state index in [1.54, 1.807) is 19.1 Å². The molecule has 0 atom stereocenters. The van der Waals surface area contributed by atoms with E-state index in [1.165, 1.54) is 0 Å². The highest BCUT2D eigenvalue weighted by Gasteiger charge is 2.09. The first-order valence-electron chi connectivity index (χ1n) is 7.87. The van der Waals surface area contributed by atoms with Crippen LogP contribution in [0.5, 0.6) is 11.5 Å². The summed E-state index contributed by atoms with van der Waals surface area (Å²) in [5.74, 6) is 2.33. The van der Waals surface area contributed by atoms with E-state index >= 15 is 0 Å². The lowest BCUT2D eigenvalue weighted by Crippen LogP contribution is -2.30. The molecule has 2 aromatic carbocycles. The number of rotatable bonds is 6. The van der Waals surface area contributed by atoms with Crippen molar-refractivity contribution in [1.82, 2.24) is 15.5 Å². The SMILES string of the molecule is Cc1noc(CCNC(=O)Nc2ccccc2Oc2ccccc2)n1. The van der Waals surface area contributed by atoms with Crippen LogP contribution in [0.3, 0.4) is 0 Å². The second-order valence-electron chi connectivity index (χ2n) is 5.28. The molecule has 7 nitrogen and oxygen atoms in total. The average molecular weight is 338 g/mol. The molecule has 3 aromatic rings. The third-order valence-electron chi connectivity index (χ3n) is 3.30. The van der Waals surface area contributed by atoms with E-state index < -0.39 is 0 Å². The minimum absolute atomic E-state index is 0.333. The predicted octanol–water partition coefficient (Wildman–Crippen LogP) is 3.53. The third-order valence-corrected chi connectivity index (χ3v) is 3.30. The first-order chi connectivity index (χ1) is 12.2. The Labute approximate surface area is 145 Å². The lowest BCUT2D eigenvalue weighted by atomic mass is 10.3. The molecule has 0 aliphatic rings. The standard InChI is InChI=1S/C18H18N4O3/c1-13-20-17(25-22-13)11-12-19-18(23)21-15-9-5-6-10-16(15)24-14-7-3-2-4-8-14/h2-10H,11-12H2,1H3,(H2,19,21,23). The van der Waals surface area contributed by atoms with Crippen molar-refractivity contribution in [3.8, 4) is 11.5 Å². The highest BCUT2D eigenvalue weighted by molar-refractivity contribution is 5.90. The van der Waals surface area contributed by atoms with E-state index in [2.05, 4.69) is 20.8 Å². The second kappa shape index (κ2) is 7.96. The molecule has 2 N–H and O–H groups in total. The number of urea groups is 1. The van der Waals surface area contributed by atoms with Gasteiger partial charge in [0, 0.05) is 13.0 Å². The van der Waals surface area contributed by atoms with E-state index in [1.807, 2.05) is 42.5 Å². The number of benzene rings is 2. The number of aromatic nitrogens is 2. The van der Waals surface area contributed by atoms with Gasteiger partial charge in [-0.25, -0.2) is 4.79 Å². The van der Waals surface area contributed by atoms with Gasteiger partial charge in [-0.15, -0.1) is 0 Å². The minimum Gasteiger partial charge on any atom is -0.455 e. The lowest BCUT2D eigenvalue weighted by molar-refractivity contribution is 0.251. The number of aryl methyl sites for hydroxylation is 1. The predicted molar refractivity (Wildman–Crippen MR) is 92.7 cm³/mol. The number of hydrogen-bond donors (Lipinski definition) is 2. The number of carbonyl (C=O) groups is 1. The quantitative estimate of drug-likeness (QED) is 0.717. The number of ether oxygens (including phenoxy) is 1. The van der Waals surface area contributed by atoms with Gasteiger partial charge in [0.25, 0.3) is 0 Å². The molecule has 2 amide bonds. The Balaban J connectivity index is 1.55. The number of carbonyl (C=O) groups excluding carboxylic acids is 1. The number of amides is 2. The zero-order chi connectivity index (χ0) is 17.5. The van der Waals surface area contributed by atoms with Crippen molar-refractivity contribution in [3.63, 3.8) is 0 Å². The molecule has 1 heterocycles. The summed E-state index contributed by atoms with van der Waals surface area (Å²) in [5.41, 5.74) is 0.581. The molecule has 1 aromatic heterocycles. The molecule has 0 spiro atoms. The number of nitrogens with zero attached hydrogens (tertiary/aromatic N) is 2. The molecule has 0 unspecified atom stereocenters. The maximum Gasteiger partial charge on any atom is 0.319 e. The molecule has 0 fully saturated rings. The van der Waals surface area contributed by atoms with E-state index in [0.29, 0.717) is 41.9 Å². The van der Waals surface area contributed by atoms with E-state index in [-0.39, 0.29) is 6.03 Å². The zero-order valence-corrected chi connectivity index (χ0v) is 13.7. The summed E-state index contributed by atoms with van der Waals surface area (Å²) in [4.78, 5) is 16.2. The monoisotopic (exact) mass is 338 g/mol. The fraction of sp³-hybridized carbons (Fsp3) is 0.167. The van der Waals surface area contributed by atoms with Gasteiger partial charge in [0.05, 0.1) is 5.69 Å². The maximum atomic E-state index is 12.1. The number of para-hydroxylation sites is 3. The largest absolute Gasteiger partial charge is 0.455 e. The summed E-state index contributed by atoms with van der Waals surface area (Å²) in [6, 6.07) is 16.3. The molecule has 0 saturated carbocycles. The van der Waals surface area contributed by atoms with Gasteiger partial charge in [-0.1, -0.05) is 35.5 Å². The summed E-state index contributed by atoms with van der Waals surface area (Å²) in [6.07, 6.45) is 0.469. The number of nitrogens with one attached hydrogen (secondary N) is 2. The average Bonchev–Trinajstić information content (AvgIpc) is 3.03. The third kappa shape index (κ3) is 4.81. The van der Waals surface area contributed by atoms with Crippen LogP contribution in [0.2, 0.25) is 0 Å². The van der Waals surface area contributed by atoms with Crippen LogP contribution in [0.25, 0.3) is 0 Å². The van der Waals surface area contributed by atoms with Crippen LogP contribution in [0.4, 0.5) is 10.5 Å². The molecule has 0 aliphatic heterocycles. The van der Waals surface area contributed by atoms with Gasteiger partial charge < -0.3 is 19.9 Å². The molecule has 0 bridgehead atoms. The highest BCUT2D eigenvalue weighted by atomic mass is 16.5. The van der Waals surface area contributed by atoms with Crippen molar-refractivity contribution in [2.24, 2.45) is 0 Å². The topological polar surface area (TPSA) is 89.3 Å². The van der Waals surface area contributed by atoms with Gasteiger partial charge in [0.1, 0.15) is 5.75 Å². The molecule has 0 saturated heterocycles. The highest BCUT2D eigenvalue weighted by Crippen LogP contribution is 2.28. The zero-order valence-electron chi connectivity index (χ0n) is 13.7. The van der Waals surface area contributed by atoms with E-state index in [4.69, 9.17) is 9.26 Å². The first-order valence-corrected chi connectivity index (χ1v) is 7.87. The van der Waals surface area contributed by atoms with Gasteiger partial charge in [0.15, 0.2) is 11.6 Å². The van der Waals surface area contributed by atoms with Crippen molar-refractivity contribution in [3.05, 3.63) is 66.3 Å². The first kappa shape index (κ1) is 16.5. The minimum atomic E-state index is -0.333. The van der Waals surface area contributed by atoms with Gasteiger partial charge in [-0.2, -0.15) is 4.98 Å². The summed E-state index contributed by atoms with van der Waals surface area (Å²) in [7, 11) is 0. The van der Waals surface area contributed by atoms with Crippen LogP contribution in [-0.2, 0) is 6.42 Å². The smallest absolute Gasteiger partial charge is 0.319 e. The van der Waals surface area contributed by atoms with Gasteiger partial charge >= 0.3 is 6.03 Å². The van der Waals surface area contributed by atoms with E-state index in [9.17, 15) is 4.79 Å². The molecule has 7 heteroatoms. The number of anilines is 1. The van der Waals surface area contributed by atoms with Gasteiger partial charge in [0.2, 0.25) is 5.89 Å². The summed E-state index contributed by atoms with van der Waals surface area (Å²) in [5, 5.41) is 9.23. The van der Waals surface area contributed by atoms with Crippen molar-refractivity contribution < 1.29 is 14.1 Å². The molecule has 0 radical (unpaired) electrons. The maximum absolute atomic E-state index is 12.1. The molecule has 25 heavy (non-hydrogen) atoms. The number of hydrogen-bond acceptors (Lipinski definition) is 5. The Kier molecular flexibility index (Phi) is 5.26. The van der Waals surface area contributed by atoms with Crippen molar-refractivity contribution in [2.75, 3.05) is 11.9 Å². The molecular weight excluding hydrogens is 320 g/mol. The molecule has 0 aliphatic carbocycles. The Morgan fingerprint density at radius 2 is 1.88 bits per heavy atom. The van der Waals surface area contributed by atoms with Crippen LogP contribution in [-0.4, -0.2) is 22.7 Å². The summed E-state index contributed by atoms with van der Waals surface area (Å²) >= 11 is 0. The lowest BCUT2D eigenvalue weighted by Gasteiger charge is -2.12. The molecular formula is C18H18N4O3. The van der Waals surface area contributed by atoms with Crippen LogP contribution in [0, 0.1) is 6.92 Å². The summed E-state index contributed by atoms with van der Waals surface area (Å²) < 4.78 is 10.8. The van der Waals surface area contributed by atoms with Crippen molar-refractivity contribution >= 4 is 11.7 Å². The second-order valence-corrected chi connectivity index (χ2v) is 5.28. The Morgan fingerprint density at radius 3 is 2.64 bits per heavy atom. The van der Waals surface area contributed by atoms with Crippen LogP contribution in [0.15, 0.2) is 59.1 Å². The molecule has 128 valence electrons. The Morgan fingerprint density at radius 1 is 1.12 bits per heavy atom. The Bertz CT molecular complexity index is 833. The Hall–Kier alpha value is -3.35. The van der Waals surface area contributed by atoms with Crippen molar-refractivity contribution in [2.45, 2.75) is 13.3 Å². The van der Waals surface area contributed by atoms with Crippen LogP contribution < -0.4 is 15.4 Å². The van der Waals surface area contributed by atoms with Crippen molar-refractivity contribution in [1.29, 1.82) is 0 Å². The summed E-state index contributed by atoms with van der Waals surface area (Å²) in [6.45, 7) is 2.13. The van der Waals surface area contributed by atoms with Gasteiger partial charge in [-0.3, -0.25) is 0 Å². The fourth-order valence-corrected chi connectivity index (χ4v) is 2.17. The van der Waals surface area contributed by atoms with Crippen LogP contribution in [0.1, 0.15) is 11.7 Å². The normalized spacial score (nSPS) is 10.3. The van der Waals surface area contributed by atoms with Crippen LogP contribution >= 0.6 is 0 Å². The van der Waals surface area contributed by atoms with Gasteiger partial charge in [-0.05, 0) is 31.2 Å². The molecule has 3 rings (SSSR count).